The minimum Gasteiger partial charge on any atom is -0.298 e. The number of rotatable bonds is 0. The number of para-hydroxylation sites is 1. The Bertz CT molecular complexity index is 1190. The standard InChI is InChI=1S/C18H14N4/c1-11-7-8-21-15(9-11)20-16-13-5-3-4-6-14(13)22-10-12(2)19-18(22)17(16)21/h3-10H,1-2H3. The van der Waals surface area contributed by atoms with Gasteiger partial charge in [0.1, 0.15) is 16.7 Å². The monoisotopic (exact) mass is 286 g/mol. The minimum atomic E-state index is 0.961. The smallest absolute Gasteiger partial charge is 0.164 e. The summed E-state index contributed by atoms with van der Waals surface area (Å²) in [6.45, 7) is 4.12. The molecule has 0 saturated carbocycles. The van der Waals surface area contributed by atoms with Gasteiger partial charge in [-0.15, -0.1) is 0 Å². The fourth-order valence-electron chi connectivity index (χ4n) is 3.28. The molecule has 0 bridgehead atoms. The molecule has 4 aromatic heterocycles. The van der Waals surface area contributed by atoms with Crippen molar-refractivity contribution in [1.29, 1.82) is 0 Å². The molecule has 0 atom stereocenters. The van der Waals surface area contributed by atoms with Crippen molar-refractivity contribution in [1.82, 2.24) is 18.8 Å². The van der Waals surface area contributed by atoms with Gasteiger partial charge in [0, 0.05) is 17.8 Å². The molecular formula is C18H14N4. The number of fused-ring (bicyclic) bond motifs is 8. The number of nitrogens with zero attached hydrogens (tertiary/aromatic N) is 4. The first-order valence-electron chi connectivity index (χ1n) is 7.37. The highest BCUT2D eigenvalue weighted by Gasteiger charge is 2.15. The van der Waals surface area contributed by atoms with Crippen molar-refractivity contribution in [3.8, 4) is 0 Å². The second kappa shape index (κ2) is 3.85. The molecule has 0 radical (unpaired) electrons. The largest absolute Gasteiger partial charge is 0.298 e. The van der Waals surface area contributed by atoms with Gasteiger partial charge < -0.3 is 0 Å². The van der Waals surface area contributed by atoms with E-state index in [-0.39, 0.29) is 0 Å². The zero-order valence-corrected chi connectivity index (χ0v) is 12.4. The zero-order valence-electron chi connectivity index (χ0n) is 12.4. The molecule has 4 heterocycles. The molecule has 0 unspecified atom stereocenters. The average Bonchev–Trinajstić information content (AvgIpc) is 3.07. The molecule has 0 amide bonds. The van der Waals surface area contributed by atoms with Crippen LogP contribution in [0.25, 0.3) is 33.2 Å². The van der Waals surface area contributed by atoms with E-state index in [4.69, 9.17) is 9.97 Å². The molecule has 4 heteroatoms. The maximum Gasteiger partial charge on any atom is 0.164 e. The summed E-state index contributed by atoms with van der Waals surface area (Å²) in [5.41, 5.74) is 7.38. The number of aromatic nitrogens is 4. The van der Waals surface area contributed by atoms with Crippen LogP contribution in [0.1, 0.15) is 11.3 Å². The van der Waals surface area contributed by atoms with Crippen molar-refractivity contribution >= 4 is 33.2 Å². The third-order valence-electron chi connectivity index (χ3n) is 4.24. The maximum absolute atomic E-state index is 4.87. The average molecular weight is 286 g/mol. The highest BCUT2D eigenvalue weighted by Crippen LogP contribution is 2.29. The molecule has 106 valence electrons. The van der Waals surface area contributed by atoms with Crippen LogP contribution in [0.5, 0.6) is 0 Å². The van der Waals surface area contributed by atoms with Crippen LogP contribution in [0.15, 0.2) is 48.8 Å². The van der Waals surface area contributed by atoms with Crippen molar-refractivity contribution in [3.05, 3.63) is 60.0 Å². The van der Waals surface area contributed by atoms with E-state index >= 15 is 0 Å². The number of imidazole rings is 2. The first kappa shape index (κ1) is 11.7. The molecule has 0 aliphatic heterocycles. The van der Waals surface area contributed by atoms with Gasteiger partial charge in [0.2, 0.25) is 0 Å². The predicted octanol–water partition coefficient (Wildman–Crippen LogP) is 3.91. The maximum atomic E-state index is 4.87. The third-order valence-corrected chi connectivity index (χ3v) is 4.24. The molecule has 0 spiro atoms. The lowest BCUT2D eigenvalue weighted by atomic mass is 10.2. The summed E-state index contributed by atoms with van der Waals surface area (Å²) in [5, 5.41) is 1.16. The van der Waals surface area contributed by atoms with Crippen molar-refractivity contribution in [2.75, 3.05) is 0 Å². The molecule has 22 heavy (non-hydrogen) atoms. The second-order valence-corrected chi connectivity index (χ2v) is 5.83. The quantitative estimate of drug-likeness (QED) is 0.432. The summed E-state index contributed by atoms with van der Waals surface area (Å²) in [6, 6.07) is 12.6. The van der Waals surface area contributed by atoms with Gasteiger partial charge >= 0.3 is 0 Å². The molecule has 1 aromatic carbocycles. The van der Waals surface area contributed by atoms with Gasteiger partial charge in [0.25, 0.3) is 0 Å². The summed E-state index contributed by atoms with van der Waals surface area (Å²) in [7, 11) is 0. The molecular weight excluding hydrogens is 272 g/mol. The van der Waals surface area contributed by atoms with Crippen LogP contribution in [0.4, 0.5) is 0 Å². The Balaban J connectivity index is 2.20. The third kappa shape index (κ3) is 1.36. The molecule has 0 saturated heterocycles. The van der Waals surface area contributed by atoms with Crippen LogP contribution in [-0.4, -0.2) is 18.8 Å². The van der Waals surface area contributed by atoms with Crippen molar-refractivity contribution in [3.63, 3.8) is 0 Å². The van der Waals surface area contributed by atoms with Gasteiger partial charge in [0.05, 0.1) is 11.2 Å². The first-order chi connectivity index (χ1) is 10.7. The van der Waals surface area contributed by atoms with E-state index in [1.54, 1.807) is 0 Å². The molecule has 0 aliphatic rings. The first-order valence-corrected chi connectivity index (χ1v) is 7.37. The number of pyridine rings is 2. The van der Waals surface area contributed by atoms with Crippen LogP contribution in [-0.2, 0) is 0 Å². The Labute approximate surface area is 126 Å². The summed E-state index contributed by atoms with van der Waals surface area (Å²) >= 11 is 0. The van der Waals surface area contributed by atoms with Crippen molar-refractivity contribution < 1.29 is 0 Å². The normalized spacial score (nSPS) is 12.1. The summed E-state index contributed by atoms with van der Waals surface area (Å²) in [4.78, 5) is 9.61. The Hall–Kier alpha value is -2.88. The Kier molecular flexibility index (Phi) is 2.06. The van der Waals surface area contributed by atoms with E-state index in [1.807, 2.05) is 6.92 Å². The fraction of sp³-hybridized carbons (Fsp3) is 0.111. The van der Waals surface area contributed by atoms with Crippen LogP contribution in [0.3, 0.4) is 0 Å². The summed E-state index contributed by atoms with van der Waals surface area (Å²) in [6.07, 6.45) is 4.17. The lowest BCUT2D eigenvalue weighted by molar-refractivity contribution is 1.19. The lowest BCUT2D eigenvalue weighted by Gasteiger charge is -2.04. The number of benzene rings is 1. The van der Waals surface area contributed by atoms with Crippen LogP contribution in [0.2, 0.25) is 0 Å². The van der Waals surface area contributed by atoms with Crippen molar-refractivity contribution in [2.24, 2.45) is 0 Å². The van der Waals surface area contributed by atoms with Crippen LogP contribution in [0, 0.1) is 13.8 Å². The summed E-state index contributed by atoms with van der Waals surface area (Å²) in [5.74, 6) is 0. The van der Waals surface area contributed by atoms with Gasteiger partial charge in [-0.05, 0) is 37.6 Å². The van der Waals surface area contributed by atoms with E-state index in [0.717, 1.165) is 38.9 Å². The molecule has 0 N–H and O–H groups in total. The molecule has 0 aliphatic carbocycles. The molecule has 4 nitrogen and oxygen atoms in total. The van der Waals surface area contributed by atoms with Gasteiger partial charge in [-0.3, -0.25) is 8.80 Å². The summed E-state index contributed by atoms with van der Waals surface area (Å²) < 4.78 is 4.30. The number of aryl methyl sites for hydroxylation is 2. The van der Waals surface area contributed by atoms with Crippen LogP contribution < -0.4 is 0 Å². The zero-order chi connectivity index (χ0) is 14.8. The lowest BCUT2D eigenvalue weighted by Crippen LogP contribution is -1.91. The highest BCUT2D eigenvalue weighted by atomic mass is 15.1. The van der Waals surface area contributed by atoms with Gasteiger partial charge in [0.15, 0.2) is 5.65 Å². The Morgan fingerprint density at radius 2 is 1.82 bits per heavy atom. The van der Waals surface area contributed by atoms with Crippen LogP contribution >= 0.6 is 0 Å². The molecule has 5 rings (SSSR count). The van der Waals surface area contributed by atoms with E-state index in [2.05, 4.69) is 64.5 Å². The van der Waals surface area contributed by atoms with E-state index < -0.39 is 0 Å². The molecule has 5 aromatic rings. The van der Waals surface area contributed by atoms with Gasteiger partial charge in [-0.1, -0.05) is 18.2 Å². The number of hydrogen-bond acceptors (Lipinski definition) is 2. The number of hydrogen-bond donors (Lipinski definition) is 0. The second-order valence-electron chi connectivity index (χ2n) is 5.83. The minimum absolute atomic E-state index is 0.961. The Morgan fingerprint density at radius 3 is 2.73 bits per heavy atom. The van der Waals surface area contributed by atoms with Crippen molar-refractivity contribution in [2.45, 2.75) is 13.8 Å². The topological polar surface area (TPSA) is 34.6 Å². The van der Waals surface area contributed by atoms with Gasteiger partial charge in [-0.25, -0.2) is 9.97 Å². The van der Waals surface area contributed by atoms with E-state index in [9.17, 15) is 0 Å². The van der Waals surface area contributed by atoms with E-state index in [0.29, 0.717) is 0 Å². The highest BCUT2D eigenvalue weighted by molar-refractivity contribution is 6.09. The van der Waals surface area contributed by atoms with Gasteiger partial charge in [-0.2, -0.15) is 0 Å². The SMILES string of the molecule is Cc1ccn2c(c1)nc1c3ccccc3n3cc(C)nc3c12. The fourth-order valence-corrected chi connectivity index (χ4v) is 3.28. The predicted molar refractivity (Wildman–Crippen MR) is 88.4 cm³/mol. The molecule has 0 fully saturated rings. The van der Waals surface area contributed by atoms with E-state index in [1.165, 1.54) is 5.56 Å². The Morgan fingerprint density at radius 1 is 0.955 bits per heavy atom.